The SMILES string of the molecule is CCCCCCC/C=C/CCCC(=O)C1=NCC[N+]1(CCO)CC(O)CS(=O)(=O)O. The minimum atomic E-state index is -4.33. The van der Waals surface area contributed by atoms with Gasteiger partial charge in [-0.05, 0) is 25.7 Å². The van der Waals surface area contributed by atoms with E-state index in [4.69, 9.17) is 4.55 Å². The van der Waals surface area contributed by atoms with E-state index >= 15 is 0 Å². The number of aliphatic imine (C=N–C) groups is 1. The van der Waals surface area contributed by atoms with Crippen molar-refractivity contribution in [3.05, 3.63) is 12.2 Å². The normalized spacial score (nSPS) is 20.6. The molecule has 174 valence electrons. The molecular weight excluding hydrogens is 408 g/mol. The van der Waals surface area contributed by atoms with Crippen molar-refractivity contribution >= 4 is 21.7 Å². The van der Waals surface area contributed by atoms with Gasteiger partial charge in [-0.3, -0.25) is 13.8 Å². The van der Waals surface area contributed by atoms with E-state index in [0.717, 1.165) is 12.8 Å². The molecule has 0 aliphatic carbocycles. The van der Waals surface area contributed by atoms with E-state index in [-0.39, 0.29) is 30.0 Å². The molecule has 0 saturated carbocycles. The Bertz CT molecular complexity index is 677. The van der Waals surface area contributed by atoms with Crippen LogP contribution < -0.4 is 0 Å². The zero-order valence-corrected chi connectivity index (χ0v) is 19.0. The summed E-state index contributed by atoms with van der Waals surface area (Å²) in [6.07, 6.45) is 12.1. The summed E-state index contributed by atoms with van der Waals surface area (Å²) in [5, 5.41) is 19.6. The maximum atomic E-state index is 12.7. The summed E-state index contributed by atoms with van der Waals surface area (Å²) in [4.78, 5) is 17.0. The number of carbonyl (C=O) groups is 1. The third-order valence-corrected chi connectivity index (χ3v) is 6.20. The standard InChI is InChI=1S/C21H38N2O6S/c1-2-3-4-5-6-7-8-9-10-11-12-20(26)21-22-13-14-23(21,15-16-24)17-19(25)18-30(27,28)29/h8-9,19,24-25H,2-7,10-18H2,1H3/p+1/b9-8+. The third kappa shape index (κ3) is 10.3. The van der Waals surface area contributed by atoms with Crippen molar-refractivity contribution in [1.29, 1.82) is 0 Å². The molecule has 2 atom stereocenters. The van der Waals surface area contributed by atoms with E-state index in [1.165, 1.54) is 32.1 Å². The summed E-state index contributed by atoms with van der Waals surface area (Å²) >= 11 is 0. The van der Waals surface area contributed by atoms with Crippen LogP contribution in [0.3, 0.4) is 0 Å². The number of hydrogen-bond acceptors (Lipinski definition) is 6. The van der Waals surface area contributed by atoms with Gasteiger partial charge in [-0.2, -0.15) is 8.42 Å². The van der Waals surface area contributed by atoms with Gasteiger partial charge >= 0.3 is 0 Å². The Labute approximate surface area is 181 Å². The van der Waals surface area contributed by atoms with Crippen LogP contribution >= 0.6 is 0 Å². The summed E-state index contributed by atoms with van der Waals surface area (Å²) in [6.45, 7) is 2.88. The Morgan fingerprint density at radius 3 is 2.47 bits per heavy atom. The second-order valence-electron chi connectivity index (χ2n) is 8.10. The number of hydrogen-bond donors (Lipinski definition) is 3. The van der Waals surface area contributed by atoms with Crippen molar-refractivity contribution in [2.45, 2.75) is 70.8 Å². The molecule has 3 N–H and O–H groups in total. The zero-order chi connectivity index (χ0) is 22.5. The summed E-state index contributed by atoms with van der Waals surface area (Å²) in [5.41, 5.74) is 0. The molecule has 0 bridgehead atoms. The topological polar surface area (TPSA) is 124 Å². The Hall–Kier alpha value is -1.13. The second-order valence-corrected chi connectivity index (χ2v) is 9.59. The molecule has 0 saturated heterocycles. The van der Waals surface area contributed by atoms with Gasteiger partial charge in [-0.15, -0.1) is 0 Å². The highest BCUT2D eigenvalue weighted by Crippen LogP contribution is 2.19. The predicted molar refractivity (Wildman–Crippen MR) is 118 cm³/mol. The van der Waals surface area contributed by atoms with Crippen molar-refractivity contribution in [2.75, 3.05) is 38.5 Å². The largest absolute Gasteiger partial charge is 0.390 e. The molecule has 1 aliphatic heterocycles. The first kappa shape index (κ1) is 26.9. The summed E-state index contributed by atoms with van der Waals surface area (Å²) < 4.78 is 31.0. The molecule has 0 fully saturated rings. The Morgan fingerprint density at radius 1 is 1.17 bits per heavy atom. The molecule has 2 unspecified atom stereocenters. The van der Waals surface area contributed by atoms with E-state index in [1.807, 2.05) is 0 Å². The lowest BCUT2D eigenvalue weighted by molar-refractivity contribution is -0.837. The van der Waals surface area contributed by atoms with Gasteiger partial charge in [0.1, 0.15) is 31.5 Å². The maximum absolute atomic E-state index is 12.7. The molecule has 0 radical (unpaired) electrons. The van der Waals surface area contributed by atoms with Crippen LogP contribution in [0.15, 0.2) is 17.1 Å². The molecule has 0 spiro atoms. The minimum Gasteiger partial charge on any atom is -0.390 e. The Kier molecular flexibility index (Phi) is 12.6. The molecule has 30 heavy (non-hydrogen) atoms. The molecule has 8 nitrogen and oxygen atoms in total. The van der Waals surface area contributed by atoms with Crippen LogP contribution in [0.1, 0.15) is 64.7 Å². The van der Waals surface area contributed by atoms with Crippen LogP contribution in [-0.2, 0) is 14.9 Å². The molecule has 0 aromatic heterocycles. The number of aliphatic hydroxyl groups is 2. The van der Waals surface area contributed by atoms with E-state index < -0.39 is 22.0 Å². The van der Waals surface area contributed by atoms with Gasteiger partial charge in [0.15, 0.2) is 0 Å². The van der Waals surface area contributed by atoms with Gasteiger partial charge in [0.25, 0.3) is 16.0 Å². The molecule has 0 amide bonds. The first-order chi connectivity index (χ1) is 14.2. The van der Waals surface area contributed by atoms with E-state index in [2.05, 4.69) is 24.1 Å². The number of amidine groups is 1. The molecule has 0 aromatic rings. The van der Waals surface area contributed by atoms with E-state index in [9.17, 15) is 23.4 Å². The lowest BCUT2D eigenvalue weighted by Crippen LogP contribution is -2.59. The number of unbranched alkanes of at least 4 members (excludes halogenated alkanes) is 6. The van der Waals surface area contributed by atoms with Crippen molar-refractivity contribution in [1.82, 2.24) is 0 Å². The Balaban J connectivity index is 2.50. The minimum absolute atomic E-state index is 0.0420. The highest BCUT2D eigenvalue weighted by molar-refractivity contribution is 7.85. The van der Waals surface area contributed by atoms with Gasteiger partial charge < -0.3 is 10.2 Å². The number of nitrogens with zero attached hydrogens (tertiary/aromatic N) is 2. The van der Waals surface area contributed by atoms with Gasteiger partial charge in [-0.1, -0.05) is 44.8 Å². The third-order valence-electron chi connectivity index (χ3n) is 5.40. The molecule has 0 aromatic carbocycles. The molecule has 1 aliphatic rings. The lowest BCUT2D eigenvalue weighted by atomic mass is 10.1. The van der Waals surface area contributed by atoms with Crippen molar-refractivity contribution in [2.24, 2.45) is 4.99 Å². The maximum Gasteiger partial charge on any atom is 0.267 e. The number of carbonyl (C=O) groups excluding carboxylic acids is 1. The number of aliphatic hydroxyl groups excluding tert-OH is 2. The van der Waals surface area contributed by atoms with E-state index in [1.54, 1.807) is 0 Å². The Morgan fingerprint density at radius 2 is 1.83 bits per heavy atom. The molecule has 1 heterocycles. The number of allylic oxidation sites excluding steroid dienone is 2. The molecule has 9 heteroatoms. The van der Waals surface area contributed by atoms with Crippen molar-refractivity contribution in [3.63, 3.8) is 0 Å². The highest BCUT2D eigenvalue weighted by Gasteiger charge is 2.43. The quantitative estimate of drug-likeness (QED) is 0.136. The summed E-state index contributed by atoms with van der Waals surface area (Å²) in [5.74, 6) is -0.644. The predicted octanol–water partition coefficient (Wildman–Crippen LogP) is 2.11. The van der Waals surface area contributed by atoms with Crippen LogP contribution in [0.5, 0.6) is 0 Å². The van der Waals surface area contributed by atoms with Crippen LogP contribution in [0.25, 0.3) is 0 Å². The van der Waals surface area contributed by atoms with Gasteiger partial charge in [0.05, 0.1) is 13.2 Å². The zero-order valence-electron chi connectivity index (χ0n) is 18.2. The number of rotatable bonds is 17. The van der Waals surface area contributed by atoms with Gasteiger partial charge in [0.2, 0.25) is 5.78 Å². The fourth-order valence-electron chi connectivity index (χ4n) is 3.93. The average molecular weight is 448 g/mol. The monoisotopic (exact) mass is 447 g/mol. The van der Waals surface area contributed by atoms with Crippen LogP contribution in [0, 0.1) is 0 Å². The highest BCUT2D eigenvalue weighted by atomic mass is 32.2. The number of Topliss-reactive ketones (excluding diaryl/α,β-unsaturated/α-hetero) is 1. The van der Waals surface area contributed by atoms with Gasteiger partial charge in [0, 0.05) is 6.42 Å². The fraction of sp³-hybridized carbons (Fsp3) is 0.810. The van der Waals surface area contributed by atoms with Crippen LogP contribution in [-0.4, -0.2) is 83.9 Å². The van der Waals surface area contributed by atoms with Crippen LogP contribution in [0.4, 0.5) is 0 Å². The summed E-state index contributed by atoms with van der Waals surface area (Å²) in [6, 6.07) is 0. The van der Waals surface area contributed by atoms with Crippen LogP contribution in [0.2, 0.25) is 0 Å². The first-order valence-corrected chi connectivity index (χ1v) is 12.7. The van der Waals surface area contributed by atoms with Crippen molar-refractivity contribution in [3.8, 4) is 0 Å². The molecular formula is C21H39N2O6S+. The first-order valence-electron chi connectivity index (χ1n) is 11.1. The second kappa shape index (κ2) is 14.0. The van der Waals surface area contributed by atoms with Gasteiger partial charge in [-0.25, -0.2) is 4.99 Å². The number of quaternary nitrogens is 1. The average Bonchev–Trinajstić information content (AvgIpc) is 3.04. The fourth-order valence-corrected chi connectivity index (χ4v) is 4.52. The lowest BCUT2D eigenvalue weighted by Gasteiger charge is -2.34. The van der Waals surface area contributed by atoms with Crippen molar-refractivity contribution < 1.29 is 32.5 Å². The van der Waals surface area contributed by atoms with E-state index in [0.29, 0.717) is 31.8 Å². The summed E-state index contributed by atoms with van der Waals surface area (Å²) in [7, 11) is -4.33. The molecule has 1 rings (SSSR count). The smallest absolute Gasteiger partial charge is 0.267 e. The number of ketones is 1.